The molecule has 1 fully saturated rings. The van der Waals surface area contributed by atoms with Crippen LogP contribution in [-0.2, 0) is 4.79 Å². The van der Waals surface area contributed by atoms with Gasteiger partial charge in [-0.25, -0.2) is 0 Å². The van der Waals surface area contributed by atoms with Crippen molar-refractivity contribution in [2.45, 2.75) is 25.7 Å². The van der Waals surface area contributed by atoms with Gasteiger partial charge in [-0.2, -0.15) is 11.8 Å². The van der Waals surface area contributed by atoms with Crippen molar-refractivity contribution in [1.82, 2.24) is 10.2 Å². The third kappa shape index (κ3) is 3.99. The van der Waals surface area contributed by atoms with Crippen LogP contribution in [0.1, 0.15) is 31.6 Å². The minimum Gasteiger partial charge on any atom is -0.408 e. The van der Waals surface area contributed by atoms with Crippen molar-refractivity contribution >= 4 is 23.7 Å². The molecule has 1 unspecified atom stereocenters. The molecular weight excluding hydrogens is 252 g/mol. The third-order valence-electron chi connectivity index (χ3n) is 2.65. The first-order valence-electron chi connectivity index (χ1n) is 6.10. The monoisotopic (exact) mass is 270 g/mol. The number of amides is 1. The van der Waals surface area contributed by atoms with E-state index in [1.54, 1.807) is 11.8 Å². The van der Waals surface area contributed by atoms with Gasteiger partial charge < -0.3 is 10.2 Å². The zero-order chi connectivity index (χ0) is 13.0. The number of nitrogens with zero attached hydrogens (tertiary/aromatic N) is 2. The second kappa shape index (κ2) is 6.19. The molecule has 1 heterocycles. The molecular formula is C11H18N4O2S. The summed E-state index contributed by atoms with van der Waals surface area (Å²) in [5, 5.41) is 10.3. The van der Waals surface area contributed by atoms with Gasteiger partial charge >= 0.3 is 6.01 Å². The molecule has 1 saturated carbocycles. The number of carbonyl (C=O) groups is 1. The maximum Gasteiger partial charge on any atom is 0.322 e. The van der Waals surface area contributed by atoms with E-state index in [0.717, 1.165) is 18.6 Å². The molecule has 0 bridgehead atoms. The summed E-state index contributed by atoms with van der Waals surface area (Å²) in [5.74, 6) is 2.60. The van der Waals surface area contributed by atoms with E-state index in [1.807, 2.05) is 0 Å². The molecule has 0 radical (unpaired) electrons. The van der Waals surface area contributed by atoms with Crippen LogP contribution in [0.25, 0.3) is 0 Å². The maximum absolute atomic E-state index is 11.6. The highest BCUT2D eigenvalue weighted by molar-refractivity contribution is 7.99. The average molecular weight is 270 g/mol. The lowest BCUT2D eigenvalue weighted by molar-refractivity contribution is -0.113. The fraction of sp³-hybridized carbons (Fsp3) is 0.727. The van der Waals surface area contributed by atoms with Crippen LogP contribution in [-0.4, -0.2) is 34.2 Å². The fourth-order valence-corrected chi connectivity index (χ4v) is 2.27. The number of hydrogen-bond donors (Lipinski definition) is 2. The lowest BCUT2D eigenvalue weighted by Gasteiger charge is -2.06. The number of nitrogens with one attached hydrogen (secondary N) is 1. The second-order valence-electron chi connectivity index (χ2n) is 4.62. The molecule has 1 amide bonds. The minimum absolute atomic E-state index is 0.116. The molecule has 1 aromatic rings. The Morgan fingerprint density at radius 3 is 3.06 bits per heavy atom. The standard InChI is InChI=1S/C11H18N4O2S/c1-7(4-12)5-18-6-9(16)13-11-15-14-10(17-11)8-2-3-8/h7-8H,2-6,12H2,1H3,(H,13,15,16). The molecule has 3 N–H and O–H groups in total. The molecule has 7 heteroatoms. The summed E-state index contributed by atoms with van der Waals surface area (Å²) in [4.78, 5) is 11.6. The zero-order valence-electron chi connectivity index (χ0n) is 10.4. The molecule has 6 nitrogen and oxygen atoms in total. The topological polar surface area (TPSA) is 94.0 Å². The number of anilines is 1. The Kier molecular flexibility index (Phi) is 4.60. The number of aromatic nitrogens is 2. The van der Waals surface area contributed by atoms with Gasteiger partial charge in [0.2, 0.25) is 11.8 Å². The quantitative estimate of drug-likeness (QED) is 0.773. The number of hydrogen-bond acceptors (Lipinski definition) is 6. The zero-order valence-corrected chi connectivity index (χ0v) is 11.2. The van der Waals surface area contributed by atoms with E-state index in [9.17, 15) is 4.79 Å². The number of carbonyl (C=O) groups excluding carboxylic acids is 1. The summed E-state index contributed by atoms with van der Waals surface area (Å²) in [5.41, 5.74) is 5.50. The van der Waals surface area contributed by atoms with Crippen molar-refractivity contribution in [3.63, 3.8) is 0 Å². The molecule has 0 saturated heterocycles. The lowest BCUT2D eigenvalue weighted by Crippen LogP contribution is -2.17. The molecule has 1 aliphatic rings. The molecule has 1 aliphatic carbocycles. The van der Waals surface area contributed by atoms with Gasteiger partial charge in [0.15, 0.2) is 0 Å². The Morgan fingerprint density at radius 2 is 2.39 bits per heavy atom. The Bertz CT molecular complexity index is 406. The predicted octanol–water partition coefficient (Wildman–Crippen LogP) is 1.21. The highest BCUT2D eigenvalue weighted by Crippen LogP contribution is 2.39. The van der Waals surface area contributed by atoms with E-state index < -0.39 is 0 Å². The van der Waals surface area contributed by atoms with E-state index in [2.05, 4.69) is 22.4 Å². The molecule has 0 aromatic carbocycles. The van der Waals surface area contributed by atoms with Gasteiger partial charge in [0, 0.05) is 5.92 Å². The first-order valence-corrected chi connectivity index (χ1v) is 7.25. The van der Waals surface area contributed by atoms with Crippen LogP contribution in [0.2, 0.25) is 0 Å². The normalized spacial score (nSPS) is 16.6. The summed E-state index contributed by atoms with van der Waals surface area (Å²) in [6.07, 6.45) is 2.20. The van der Waals surface area contributed by atoms with E-state index in [0.29, 0.717) is 30.0 Å². The van der Waals surface area contributed by atoms with Crippen LogP contribution in [0.3, 0.4) is 0 Å². The largest absolute Gasteiger partial charge is 0.408 e. The number of rotatable bonds is 7. The molecule has 1 atom stereocenters. The second-order valence-corrected chi connectivity index (χ2v) is 5.65. The van der Waals surface area contributed by atoms with Gasteiger partial charge in [-0.3, -0.25) is 10.1 Å². The Morgan fingerprint density at radius 1 is 1.61 bits per heavy atom. The average Bonchev–Trinajstić information content (AvgIpc) is 3.10. The van der Waals surface area contributed by atoms with E-state index in [4.69, 9.17) is 10.2 Å². The fourth-order valence-electron chi connectivity index (χ4n) is 1.36. The van der Waals surface area contributed by atoms with Crippen LogP contribution in [0.15, 0.2) is 4.42 Å². The van der Waals surface area contributed by atoms with Crippen molar-refractivity contribution in [2.75, 3.05) is 23.4 Å². The van der Waals surface area contributed by atoms with E-state index in [-0.39, 0.29) is 11.9 Å². The van der Waals surface area contributed by atoms with Gasteiger partial charge in [0.05, 0.1) is 5.75 Å². The molecule has 100 valence electrons. The molecule has 0 aliphatic heterocycles. The summed E-state index contributed by atoms with van der Waals surface area (Å²) in [6, 6.07) is 0.203. The first-order chi connectivity index (χ1) is 8.69. The van der Waals surface area contributed by atoms with Gasteiger partial charge in [-0.1, -0.05) is 12.0 Å². The van der Waals surface area contributed by atoms with Crippen molar-refractivity contribution in [3.8, 4) is 0 Å². The van der Waals surface area contributed by atoms with Crippen molar-refractivity contribution < 1.29 is 9.21 Å². The van der Waals surface area contributed by atoms with Gasteiger partial charge in [-0.15, -0.1) is 5.10 Å². The predicted molar refractivity (Wildman–Crippen MR) is 70.4 cm³/mol. The smallest absolute Gasteiger partial charge is 0.322 e. The van der Waals surface area contributed by atoms with Gasteiger partial charge in [-0.05, 0) is 31.1 Å². The van der Waals surface area contributed by atoms with Gasteiger partial charge in [0.1, 0.15) is 0 Å². The Labute approximate surface area is 110 Å². The molecule has 2 rings (SSSR count). The van der Waals surface area contributed by atoms with Crippen LogP contribution in [0, 0.1) is 5.92 Å². The summed E-state index contributed by atoms with van der Waals surface area (Å²) in [7, 11) is 0. The highest BCUT2D eigenvalue weighted by atomic mass is 32.2. The summed E-state index contributed by atoms with van der Waals surface area (Å²) < 4.78 is 5.34. The van der Waals surface area contributed by atoms with Crippen LogP contribution < -0.4 is 11.1 Å². The summed E-state index contributed by atoms with van der Waals surface area (Å²) >= 11 is 1.56. The Balaban J connectivity index is 1.69. The van der Waals surface area contributed by atoms with E-state index >= 15 is 0 Å². The molecule has 1 aromatic heterocycles. The highest BCUT2D eigenvalue weighted by Gasteiger charge is 2.29. The van der Waals surface area contributed by atoms with Crippen molar-refractivity contribution in [3.05, 3.63) is 5.89 Å². The molecule has 18 heavy (non-hydrogen) atoms. The maximum atomic E-state index is 11.6. The third-order valence-corrected chi connectivity index (χ3v) is 3.92. The van der Waals surface area contributed by atoms with Crippen LogP contribution >= 0.6 is 11.8 Å². The molecule has 0 spiro atoms. The first kappa shape index (κ1) is 13.4. The lowest BCUT2D eigenvalue weighted by atomic mass is 10.2. The van der Waals surface area contributed by atoms with E-state index in [1.165, 1.54) is 0 Å². The number of nitrogens with two attached hydrogens (primary N) is 1. The Hall–Kier alpha value is -1.08. The number of thioether (sulfide) groups is 1. The van der Waals surface area contributed by atoms with Gasteiger partial charge in [0.25, 0.3) is 0 Å². The SMILES string of the molecule is CC(CN)CSCC(=O)Nc1nnc(C2CC2)o1. The van der Waals surface area contributed by atoms with Crippen LogP contribution in [0.4, 0.5) is 6.01 Å². The summed E-state index contributed by atoms with van der Waals surface area (Å²) in [6.45, 7) is 2.70. The van der Waals surface area contributed by atoms with Crippen LogP contribution in [0.5, 0.6) is 0 Å². The van der Waals surface area contributed by atoms with Crippen molar-refractivity contribution in [2.24, 2.45) is 11.7 Å². The minimum atomic E-state index is -0.116. The van der Waals surface area contributed by atoms with Crippen molar-refractivity contribution in [1.29, 1.82) is 0 Å².